The lowest BCUT2D eigenvalue weighted by atomic mass is 10.0. The van der Waals surface area contributed by atoms with Crippen molar-refractivity contribution < 1.29 is 9.18 Å². The Hall–Kier alpha value is -2.76. The fourth-order valence-corrected chi connectivity index (χ4v) is 2.27. The maximum Gasteiger partial charge on any atom is 0.258 e. The molecule has 5 nitrogen and oxygen atoms in total. The third-order valence-electron chi connectivity index (χ3n) is 3.44. The van der Waals surface area contributed by atoms with E-state index in [0.29, 0.717) is 16.7 Å². The van der Waals surface area contributed by atoms with Gasteiger partial charge in [0.05, 0.1) is 0 Å². The first-order valence-corrected chi connectivity index (χ1v) is 6.39. The number of amides is 1. The van der Waals surface area contributed by atoms with Crippen molar-refractivity contribution in [2.45, 2.75) is 6.04 Å². The van der Waals surface area contributed by atoms with Crippen LogP contribution in [0.15, 0.2) is 47.6 Å². The number of carbonyl (C=O) groups excluding carboxylic acids is 1. The summed E-state index contributed by atoms with van der Waals surface area (Å²) in [6.45, 7) is 0. The van der Waals surface area contributed by atoms with Gasteiger partial charge in [0.15, 0.2) is 12.0 Å². The van der Waals surface area contributed by atoms with Crippen LogP contribution >= 0.6 is 0 Å². The van der Waals surface area contributed by atoms with Gasteiger partial charge in [0.2, 0.25) is 5.95 Å². The summed E-state index contributed by atoms with van der Waals surface area (Å²) in [5.74, 6) is -0.563. The third kappa shape index (κ3) is 2.24. The number of likely N-dealkylation sites (N-methyl/N-ethyl adjacent to an activating group) is 1. The molecule has 1 atom stereocenters. The monoisotopic (exact) mass is 284 g/mol. The lowest BCUT2D eigenvalue weighted by molar-refractivity contribution is -0.126. The van der Waals surface area contributed by atoms with Gasteiger partial charge < -0.3 is 5.73 Å². The molecule has 1 aromatic heterocycles. The number of aliphatic imine (C=N–C) groups is 1. The minimum Gasteiger partial charge on any atom is -0.369 e. The highest BCUT2D eigenvalue weighted by Crippen LogP contribution is 2.29. The van der Waals surface area contributed by atoms with E-state index in [2.05, 4.69) is 9.98 Å². The van der Waals surface area contributed by atoms with Gasteiger partial charge in [-0.15, -0.1) is 0 Å². The predicted molar refractivity (Wildman–Crippen MR) is 76.8 cm³/mol. The first kappa shape index (κ1) is 13.2. The standard InChI is InChI=1S/C15H13FN4O/c1-20-14(21)12(19-15(20)17)10-5-2-4-9(8-10)11-6-3-7-18-13(11)16/h2-8,12H,1H3,(H2,17,19)/t12-/m1/s1. The minimum absolute atomic E-state index is 0.183. The van der Waals surface area contributed by atoms with Crippen LogP contribution in [-0.2, 0) is 4.79 Å². The van der Waals surface area contributed by atoms with E-state index in [1.54, 1.807) is 43.4 Å². The first-order valence-electron chi connectivity index (χ1n) is 6.39. The molecule has 1 aliphatic heterocycles. The summed E-state index contributed by atoms with van der Waals surface area (Å²) in [5, 5.41) is 0. The normalized spacial score (nSPS) is 18.0. The van der Waals surface area contributed by atoms with E-state index in [-0.39, 0.29) is 11.9 Å². The van der Waals surface area contributed by atoms with Gasteiger partial charge in [-0.25, -0.2) is 9.98 Å². The number of guanidine groups is 1. The fourth-order valence-electron chi connectivity index (χ4n) is 2.27. The van der Waals surface area contributed by atoms with Gasteiger partial charge in [-0.2, -0.15) is 4.39 Å². The van der Waals surface area contributed by atoms with Gasteiger partial charge in [0, 0.05) is 18.8 Å². The van der Waals surface area contributed by atoms with Crippen molar-refractivity contribution in [1.82, 2.24) is 9.88 Å². The van der Waals surface area contributed by atoms with E-state index in [1.165, 1.54) is 11.1 Å². The van der Waals surface area contributed by atoms with Crippen LogP contribution in [0.3, 0.4) is 0 Å². The summed E-state index contributed by atoms with van der Waals surface area (Å²) in [4.78, 5) is 21.2. The molecule has 0 saturated heterocycles. The number of rotatable bonds is 2. The lowest BCUT2D eigenvalue weighted by Crippen LogP contribution is -2.34. The van der Waals surface area contributed by atoms with Crippen molar-refractivity contribution in [2.24, 2.45) is 10.7 Å². The highest BCUT2D eigenvalue weighted by atomic mass is 19.1. The fraction of sp³-hybridized carbons (Fsp3) is 0.133. The van der Waals surface area contributed by atoms with Crippen LogP contribution in [-0.4, -0.2) is 28.8 Å². The molecule has 2 N–H and O–H groups in total. The Balaban J connectivity index is 2.02. The summed E-state index contributed by atoms with van der Waals surface area (Å²) >= 11 is 0. The predicted octanol–water partition coefficient (Wildman–Crippen LogP) is 1.72. The number of nitrogens with zero attached hydrogens (tertiary/aromatic N) is 3. The highest BCUT2D eigenvalue weighted by Gasteiger charge is 2.31. The maximum atomic E-state index is 13.8. The molecule has 0 saturated carbocycles. The van der Waals surface area contributed by atoms with Crippen molar-refractivity contribution in [3.05, 3.63) is 54.1 Å². The van der Waals surface area contributed by atoms with Gasteiger partial charge in [0.1, 0.15) is 0 Å². The summed E-state index contributed by atoms with van der Waals surface area (Å²) in [6.07, 6.45) is 1.39. The molecular weight excluding hydrogens is 271 g/mol. The molecule has 1 amide bonds. The number of hydrogen-bond donors (Lipinski definition) is 1. The molecule has 0 spiro atoms. The van der Waals surface area contributed by atoms with Crippen molar-refractivity contribution >= 4 is 11.9 Å². The molecule has 0 aliphatic carbocycles. The topological polar surface area (TPSA) is 71.6 Å². The second-order valence-electron chi connectivity index (χ2n) is 4.75. The van der Waals surface area contributed by atoms with Crippen LogP contribution in [0.5, 0.6) is 0 Å². The van der Waals surface area contributed by atoms with E-state index in [1.807, 2.05) is 0 Å². The van der Waals surface area contributed by atoms with Crippen LogP contribution < -0.4 is 5.73 Å². The van der Waals surface area contributed by atoms with E-state index >= 15 is 0 Å². The van der Waals surface area contributed by atoms with Gasteiger partial charge in [0.25, 0.3) is 5.91 Å². The van der Waals surface area contributed by atoms with Gasteiger partial charge in [-0.05, 0) is 29.3 Å². The molecule has 1 aliphatic rings. The van der Waals surface area contributed by atoms with Crippen LogP contribution in [0.2, 0.25) is 0 Å². The van der Waals surface area contributed by atoms with E-state index < -0.39 is 12.0 Å². The Morgan fingerprint density at radius 1 is 1.29 bits per heavy atom. The number of halogens is 1. The highest BCUT2D eigenvalue weighted by molar-refractivity contribution is 6.04. The smallest absolute Gasteiger partial charge is 0.258 e. The van der Waals surface area contributed by atoms with Crippen LogP contribution in [0.1, 0.15) is 11.6 Å². The summed E-state index contributed by atoms with van der Waals surface area (Å²) in [6, 6.07) is 9.66. The summed E-state index contributed by atoms with van der Waals surface area (Å²) in [5.41, 5.74) is 7.36. The van der Waals surface area contributed by atoms with Crippen LogP contribution in [0, 0.1) is 5.95 Å². The molecule has 21 heavy (non-hydrogen) atoms. The molecule has 0 unspecified atom stereocenters. The molecule has 0 fully saturated rings. The first-order chi connectivity index (χ1) is 10.1. The zero-order valence-electron chi connectivity index (χ0n) is 11.3. The van der Waals surface area contributed by atoms with E-state index in [4.69, 9.17) is 5.73 Å². The number of nitrogens with two attached hydrogens (primary N) is 1. The average Bonchev–Trinajstić information content (AvgIpc) is 2.75. The van der Waals surface area contributed by atoms with E-state index in [9.17, 15) is 9.18 Å². The van der Waals surface area contributed by atoms with Crippen LogP contribution in [0.25, 0.3) is 11.1 Å². The number of aromatic nitrogens is 1. The van der Waals surface area contributed by atoms with Crippen molar-refractivity contribution in [1.29, 1.82) is 0 Å². The Labute approximate surface area is 120 Å². The Bertz CT molecular complexity index is 744. The SMILES string of the molecule is CN1C(=O)[C@@H](c2cccc(-c3cccnc3F)c2)N=C1N. The van der Waals surface area contributed by atoms with Crippen LogP contribution in [0.4, 0.5) is 4.39 Å². The molecule has 106 valence electrons. The second kappa shape index (κ2) is 4.97. The molecule has 0 radical (unpaired) electrons. The molecule has 1 aromatic carbocycles. The third-order valence-corrected chi connectivity index (χ3v) is 3.44. The number of benzene rings is 1. The number of pyridine rings is 1. The molecule has 2 aromatic rings. The summed E-state index contributed by atoms with van der Waals surface area (Å²) in [7, 11) is 1.58. The molecule has 3 rings (SSSR count). The summed E-state index contributed by atoms with van der Waals surface area (Å²) < 4.78 is 13.8. The molecular formula is C15H13FN4O. The second-order valence-corrected chi connectivity index (χ2v) is 4.75. The average molecular weight is 284 g/mol. The zero-order chi connectivity index (χ0) is 15.0. The Morgan fingerprint density at radius 2 is 2.10 bits per heavy atom. The number of carbonyl (C=O) groups is 1. The zero-order valence-corrected chi connectivity index (χ0v) is 11.3. The Kier molecular flexibility index (Phi) is 3.13. The maximum absolute atomic E-state index is 13.8. The quantitative estimate of drug-likeness (QED) is 0.853. The molecule has 2 heterocycles. The molecule has 0 bridgehead atoms. The van der Waals surface area contributed by atoms with Crippen molar-refractivity contribution in [3.63, 3.8) is 0 Å². The van der Waals surface area contributed by atoms with Gasteiger partial charge >= 0.3 is 0 Å². The lowest BCUT2D eigenvalue weighted by Gasteiger charge is -2.11. The van der Waals surface area contributed by atoms with Gasteiger partial charge in [-0.3, -0.25) is 9.69 Å². The van der Waals surface area contributed by atoms with E-state index in [0.717, 1.165) is 0 Å². The number of hydrogen-bond acceptors (Lipinski definition) is 4. The molecule has 6 heteroatoms. The van der Waals surface area contributed by atoms with Crippen molar-refractivity contribution in [3.8, 4) is 11.1 Å². The minimum atomic E-state index is -0.672. The van der Waals surface area contributed by atoms with Gasteiger partial charge in [-0.1, -0.05) is 18.2 Å². The Morgan fingerprint density at radius 3 is 2.76 bits per heavy atom. The largest absolute Gasteiger partial charge is 0.369 e. The van der Waals surface area contributed by atoms with Crippen molar-refractivity contribution in [2.75, 3.05) is 7.05 Å².